The van der Waals surface area contributed by atoms with E-state index in [0.29, 0.717) is 5.01 Å². The number of hydrogen-bond acceptors (Lipinski definition) is 7. The Balaban J connectivity index is 2.58. The van der Waals surface area contributed by atoms with Gasteiger partial charge >= 0.3 is 11.9 Å². The number of rotatable bonds is 5. The second-order valence-electron chi connectivity index (χ2n) is 3.08. The predicted molar refractivity (Wildman–Crippen MR) is 52.3 cm³/mol. The minimum atomic E-state index is -1.08. The molecular weight excluding hydrogens is 232 g/mol. The van der Waals surface area contributed by atoms with Gasteiger partial charge in [0, 0.05) is 7.05 Å². The van der Waals surface area contributed by atoms with Gasteiger partial charge in [0.15, 0.2) is 12.2 Å². The Labute approximate surface area is 96.8 Å². The molecule has 1 rings (SSSR count). The van der Waals surface area contributed by atoms with Crippen LogP contribution >= 0.6 is 0 Å². The van der Waals surface area contributed by atoms with Gasteiger partial charge in [-0.1, -0.05) is 0 Å². The molecule has 8 nitrogen and oxygen atoms in total. The van der Waals surface area contributed by atoms with Gasteiger partial charge in [0.2, 0.25) is 6.29 Å². The molecule has 2 amide bonds. The van der Waals surface area contributed by atoms with Crippen LogP contribution in [0.2, 0.25) is 0 Å². The van der Waals surface area contributed by atoms with Crippen molar-refractivity contribution in [3.05, 3.63) is 0 Å². The summed E-state index contributed by atoms with van der Waals surface area (Å²) in [4.78, 5) is 44.1. The zero-order valence-electron chi connectivity index (χ0n) is 9.34. The largest absolute Gasteiger partial charge is 0.464 e. The van der Waals surface area contributed by atoms with Crippen LogP contribution in [0, 0.1) is 0 Å². The number of carbonyl (C=O) groups is 4. The second-order valence-corrected chi connectivity index (χ2v) is 3.08. The van der Waals surface area contributed by atoms with Gasteiger partial charge in [0.25, 0.3) is 5.91 Å². The number of hydrogen-bond donors (Lipinski definition) is 1. The monoisotopic (exact) mass is 244 g/mol. The Bertz CT molecular complexity index is 355. The average molecular weight is 244 g/mol. The lowest BCUT2D eigenvalue weighted by atomic mass is 10.3. The number of carbonyl (C=O) groups excluding carboxylic acids is 4. The first-order chi connectivity index (χ1) is 8.06. The lowest BCUT2D eigenvalue weighted by Crippen LogP contribution is -2.48. The molecule has 0 bridgehead atoms. The Morgan fingerprint density at radius 2 is 2.06 bits per heavy atom. The first kappa shape index (κ1) is 13.3. The normalized spacial score (nSPS) is 21.5. The van der Waals surface area contributed by atoms with E-state index in [0.717, 1.165) is 0 Å². The summed E-state index contributed by atoms with van der Waals surface area (Å²) in [5.74, 6) is -2.53. The molecule has 0 aromatic carbocycles. The number of imide groups is 1. The molecule has 2 atom stereocenters. The van der Waals surface area contributed by atoms with Gasteiger partial charge in [-0.15, -0.1) is 0 Å². The number of nitrogens with zero attached hydrogens (tertiary/aromatic N) is 1. The molecule has 17 heavy (non-hydrogen) atoms. The molecule has 1 aliphatic rings. The van der Waals surface area contributed by atoms with Crippen LogP contribution < -0.4 is 5.43 Å². The van der Waals surface area contributed by atoms with Crippen molar-refractivity contribution >= 4 is 24.1 Å². The van der Waals surface area contributed by atoms with E-state index in [2.05, 4.69) is 10.2 Å². The van der Waals surface area contributed by atoms with Crippen LogP contribution in [0.4, 0.5) is 0 Å². The predicted octanol–water partition coefficient (Wildman–Crippen LogP) is -1.99. The highest BCUT2D eigenvalue weighted by molar-refractivity contribution is 6.27. The molecule has 8 heteroatoms. The summed E-state index contributed by atoms with van der Waals surface area (Å²) in [6.45, 7) is 1.79. The Hall–Kier alpha value is -1.80. The molecule has 0 aromatic heterocycles. The molecule has 0 saturated carbocycles. The van der Waals surface area contributed by atoms with Crippen LogP contribution in [0.25, 0.3) is 0 Å². The maximum absolute atomic E-state index is 11.6. The molecular formula is C9H12N2O6. The van der Waals surface area contributed by atoms with Crippen LogP contribution in [0.1, 0.15) is 6.92 Å². The molecule has 94 valence electrons. The van der Waals surface area contributed by atoms with Crippen LogP contribution in [0.5, 0.6) is 0 Å². The smallest absolute Gasteiger partial charge is 0.338 e. The summed E-state index contributed by atoms with van der Waals surface area (Å²) in [5.41, 5.74) is 2.24. The standard InChI is InChI=1S/C9H12N2O6/c1-3-16-9(15)7-6(17-7)8(14)11(10-2)5(13)4-12/h4,6-7,10H,3H2,1-2H3. The fourth-order valence-corrected chi connectivity index (χ4v) is 1.21. The minimum Gasteiger partial charge on any atom is -0.464 e. The van der Waals surface area contributed by atoms with Crippen molar-refractivity contribution in [3.63, 3.8) is 0 Å². The van der Waals surface area contributed by atoms with Gasteiger partial charge in [-0.05, 0) is 6.92 Å². The van der Waals surface area contributed by atoms with E-state index in [1.165, 1.54) is 7.05 Å². The van der Waals surface area contributed by atoms with Crippen molar-refractivity contribution in [2.45, 2.75) is 19.1 Å². The SMILES string of the molecule is CCOC(=O)C1OC1C(=O)N(NC)C(=O)C=O. The van der Waals surface area contributed by atoms with Gasteiger partial charge in [-0.2, -0.15) is 0 Å². The topological polar surface area (TPSA) is 105 Å². The fraction of sp³-hybridized carbons (Fsp3) is 0.556. The Kier molecular flexibility index (Phi) is 4.30. The molecule has 1 heterocycles. The Morgan fingerprint density at radius 1 is 1.41 bits per heavy atom. The van der Waals surface area contributed by atoms with E-state index in [1.54, 1.807) is 6.92 Å². The van der Waals surface area contributed by atoms with Crippen molar-refractivity contribution < 1.29 is 28.7 Å². The van der Waals surface area contributed by atoms with Gasteiger partial charge in [-0.3, -0.25) is 14.4 Å². The van der Waals surface area contributed by atoms with Crippen LogP contribution in [-0.2, 0) is 28.7 Å². The number of esters is 1. The van der Waals surface area contributed by atoms with E-state index >= 15 is 0 Å². The lowest BCUT2D eigenvalue weighted by Gasteiger charge is -2.14. The molecule has 1 aliphatic heterocycles. The molecule has 2 unspecified atom stereocenters. The molecule has 0 aromatic rings. The Morgan fingerprint density at radius 3 is 2.53 bits per heavy atom. The third-order valence-electron chi connectivity index (χ3n) is 2.02. The molecule has 0 spiro atoms. The first-order valence-corrected chi connectivity index (χ1v) is 4.89. The zero-order chi connectivity index (χ0) is 13.0. The molecule has 1 fully saturated rings. The van der Waals surface area contributed by atoms with E-state index in [4.69, 9.17) is 4.74 Å². The number of nitrogens with one attached hydrogen (secondary N) is 1. The maximum Gasteiger partial charge on any atom is 0.338 e. The van der Waals surface area contributed by atoms with Gasteiger partial charge in [0.1, 0.15) is 0 Å². The zero-order valence-corrected chi connectivity index (χ0v) is 9.34. The van der Waals surface area contributed by atoms with E-state index in [9.17, 15) is 19.2 Å². The number of ether oxygens (including phenoxy) is 2. The van der Waals surface area contributed by atoms with Crippen LogP contribution in [-0.4, -0.2) is 54.9 Å². The van der Waals surface area contributed by atoms with Gasteiger partial charge in [0.05, 0.1) is 6.61 Å². The van der Waals surface area contributed by atoms with Crippen molar-refractivity contribution in [1.29, 1.82) is 0 Å². The lowest BCUT2D eigenvalue weighted by molar-refractivity contribution is -0.152. The van der Waals surface area contributed by atoms with Crippen molar-refractivity contribution in [2.24, 2.45) is 0 Å². The van der Waals surface area contributed by atoms with Gasteiger partial charge in [-0.25, -0.2) is 15.2 Å². The number of epoxide rings is 1. The first-order valence-electron chi connectivity index (χ1n) is 4.89. The second kappa shape index (κ2) is 5.51. The minimum absolute atomic E-state index is 0.0177. The summed E-state index contributed by atoms with van der Waals surface area (Å²) in [6.07, 6.45) is -2.10. The maximum atomic E-state index is 11.6. The van der Waals surface area contributed by atoms with Crippen molar-refractivity contribution in [2.75, 3.05) is 13.7 Å². The van der Waals surface area contributed by atoms with Crippen molar-refractivity contribution in [3.8, 4) is 0 Å². The summed E-state index contributed by atoms with van der Waals surface area (Å²) in [6, 6.07) is 0. The number of aldehydes is 1. The summed E-state index contributed by atoms with van der Waals surface area (Å²) in [5, 5.41) is 0.483. The third kappa shape index (κ3) is 2.86. The third-order valence-corrected chi connectivity index (χ3v) is 2.02. The van der Waals surface area contributed by atoms with Crippen LogP contribution in [0.3, 0.4) is 0 Å². The van der Waals surface area contributed by atoms with E-state index in [-0.39, 0.29) is 12.9 Å². The fourth-order valence-electron chi connectivity index (χ4n) is 1.21. The number of amides is 2. The summed E-state index contributed by atoms with van der Waals surface area (Å²) >= 11 is 0. The molecule has 1 saturated heterocycles. The van der Waals surface area contributed by atoms with Crippen molar-refractivity contribution in [1.82, 2.24) is 10.4 Å². The average Bonchev–Trinajstić information content (AvgIpc) is 3.09. The highest BCUT2D eigenvalue weighted by atomic mass is 16.6. The van der Waals surface area contributed by atoms with E-state index < -0.39 is 30.0 Å². The highest BCUT2D eigenvalue weighted by Gasteiger charge is 2.53. The summed E-state index contributed by atoms with van der Waals surface area (Å²) < 4.78 is 9.43. The molecule has 0 aliphatic carbocycles. The van der Waals surface area contributed by atoms with E-state index in [1.807, 2.05) is 0 Å². The molecule has 0 radical (unpaired) electrons. The quantitative estimate of drug-likeness (QED) is 0.196. The van der Waals surface area contributed by atoms with Gasteiger partial charge < -0.3 is 9.47 Å². The van der Waals surface area contributed by atoms with Crippen LogP contribution in [0.15, 0.2) is 0 Å². The number of hydrazine groups is 1. The summed E-state index contributed by atoms with van der Waals surface area (Å²) in [7, 11) is 1.29. The molecule has 1 N–H and O–H groups in total. The highest BCUT2D eigenvalue weighted by Crippen LogP contribution is 2.25.